The number of anilines is 1. The zero-order chi connectivity index (χ0) is 12.3. The first-order valence-electron chi connectivity index (χ1n) is 4.77. The molecule has 0 fully saturated rings. The fourth-order valence-corrected chi connectivity index (χ4v) is 3.61. The molecule has 0 aromatic heterocycles. The van der Waals surface area contributed by atoms with E-state index in [-0.39, 0.29) is 5.75 Å². The van der Waals surface area contributed by atoms with Gasteiger partial charge in [0.25, 0.3) is 0 Å². The van der Waals surface area contributed by atoms with Crippen molar-refractivity contribution in [3.63, 3.8) is 0 Å². The lowest BCUT2D eigenvalue weighted by Gasteiger charge is -2.17. The average molecular weight is 355 g/mol. The van der Waals surface area contributed by atoms with Crippen molar-refractivity contribution in [1.82, 2.24) is 0 Å². The van der Waals surface area contributed by atoms with Crippen molar-refractivity contribution in [3.05, 3.63) is 29.8 Å². The molecule has 4 nitrogen and oxygen atoms in total. The minimum Gasteiger partial charge on any atom is -0.399 e. The maximum Gasteiger partial charge on any atom is 0.164 e. The van der Waals surface area contributed by atoms with E-state index in [1.807, 2.05) is 0 Å². The number of halogens is 1. The van der Waals surface area contributed by atoms with Crippen molar-refractivity contribution in [3.8, 4) is 0 Å². The second kappa shape index (κ2) is 5.33. The first-order chi connectivity index (χ1) is 7.38. The number of hydrogen-bond donors (Lipinski definition) is 2. The molecule has 0 radical (unpaired) electrons. The van der Waals surface area contributed by atoms with Gasteiger partial charge in [0.2, 0.25) is 0 Å². The van der Waals surface area contributed by atoms with Gasteiger partial charge in [0.15, 0.2) is 9.84 Å². The smallest absolute Gasteiger partial charge is 0.164 e. The fourth-order valence-electron chi connectivity index (χ4n) is 1.25. The van der Waals surface area contributed by atoms with Crippen molar-refractivity contribution in [2.45, 2.75) is 16.3 Å². The number of alkyl halides is 1. The van der Waals surface area contributed by atoms with E-state index >= 15 is 0 Å². The van der Waals surface area contributed by atoms with Gasteiger partial charge in [0.1, 0.15) is 9.36 Å². The highest BCUT2D eigenvalue weighted by Gasteiger charge is 2.29. The monoisotopic (exact) mass is 355 g/mol. The first-order valence-corrected chi connectivity index (χ1v) is 7.73. The summed E-state index contributed by atoms with van der Waals surface area (Å²) in [6, 6.07) is 6.63. The molecule has 1 aromatic carbocycles. The van der Waals surface area contributed by atoms with E-state index in [4.69, 9.17) is 5.73 Å². The van der Waals surface area contributed by atoms with Crippen LogP contribution in [0.5, 0.6) is 0 Å². The van der Waals surface area contributed by atoms with Gasteiger partial charge in [-0.1, -0.05) is 41.6 Å². The molecular weight excluding hydrogens is 341 g/mol. The van der Waals surface area contributed by atoms with Crippen LogP contribution < -0.4 is 5.73 Å². The van der Waals surface area contributed by atoms with Gasteiger partial charge in [0, 0.05) is 11.4 Å². The zero-order valence-electron chi connectivity index (χ0n) is 8.80. The van der Waals surface area contributed by atoms with Gasteiger partial charge in [-0.25, -0.2) is 8.42 Å². The van der Waals surface area contributed by atoms with Crippen LogP contribution in [0.2, 0.25) is 0 Å². The topological polar surface area (TPSA) is 80.4 Å². The molecule has 0 saturated heterocycles. The number of nitrogen functional groups attached to an aromatic ring is 1. The van der Waals surface area contributed by atoms with Crippen LogP contribution in [0.4, 0.5) is 5.69 Å². The lowest BCUT2D eigenvalue weighted by atomic mass is 10.1. The third-order valence-electron chi connectivity index (χ3n) is 2.25. The van der Waals surface area contributed by atoms with Crippen LogP contribution in [-0.4, -0.2) is 22.5 Å². The van der Waals surface area contributed by atoms with Gasteiger partial charge >= 0.3 is 0 Å². The van der Waals surface area contributed by atoms with Crippen molar-refractivity contribution < 1.29 is 13.5 Å². The summed E-state index contributed by atoms with van der Waals surface area (Å²) >= 11 is 1.75. The average Bonchev–Trinajstić information content (AvgIpc) is 2.27. The molecule has 0 aliphatic heterocycles. The number of aliphatic hydroxyl groups excluding tert-OH is 1. The first kappa shape index (κ1) is 13.7. The molecule has 3 N–H and O–H groups in total. The Labute approximate surface area is 109 Å². The SMILES string of the molecule is CCS(=O)(=O)[C@@H](I)[C@H](O)c1cccc(N)c1. The Morgan fingerprint density at radius 3 is 2.62 bits per heavy atom. The summed E-state index contributed by atoms with van der Waals surface area (Å²) in [5.41, 5.74) is 6.61. The summed E-state index contributed by atoms with van der Waals surface area (Å²) in [5, 5.41) is 9.94. The van der Waals surface area contributed by atoms with E-state index in [2.05, 4.69) is 0 Å². The molecule has 6 heteroatoms. The number of hydrogen-bond acceptors (Lipinski definition) is 4. The highest BCUT2D eigenvalue weighted by molar-refractivity contribution is 14.1. The molecule has 16 heavy (non-hydrogen) atoms. The van der Waals surface area contributed by atoms with Crippen molar-refractivity contribution in [2.24, 2.45) is 0 Å². The fraction of sp³-hybridized carbons (Fsp3) is 0.400. The molecule has 90 valence electrons. The summed E-state index contributed by atoms with van der Waals surface area (Å²) < 4.78 is 22.4. The van der Waals surface area contributed by atoms with Crippen LogP contribution in [0.25, 0.3) is 0 Å². The second-order valence-electron chi connectivity index (χ2n) is 3.42. The molecule has 0 amide bonds. The van der Waals surface area contributed by atoms with Crippen LogP contribution in [-0.2, 0) is 9.84 Å². The van der Waals surface area contributed by atoms with Gasteiger partial charge in [0.05, 0.1) is 0 Å². The second-order valence-corrected chi connectivity index (χ2v) is 8.02. The maximum atomic E-state index is 11.6. The molecule has 1 aromatic rings. The molecular formula is C10H14INO3S. The van der Waals surface area contributed by atoms with E-state index in [0.717, 1.165) is 0 Å². The molecule has 0 spiro atoms. The van der Waals surface area contributed by atoms with Crippen LogP contribution >= 0.6 is 22.6 Å². The molecule has 0 unspecified atom stereocenters. The lowest BCUT2D eigenvalue weighted by Crippen LogP contribution is -2.24. The molecule has 0 aliphatic carbocycles. The standard InChI is InChI=1S/C10H14INO3S/c1-2-16(14,15)10(11)9(13)7-4-3-5-8(12)6-7/h3-6,9-10,13H,2,12H2,1H3/t9-,10-/m1/s1. The molecule has 0 bridgehead atoms. The molecule has 2 atom stereocenters. The Hall–Kier alpha value is -0.340. The Balaban J connectivity index is 2.99. The number of aliphatic hydroxyl groups is 1. The minimum absolute atomic E-state index is 0.0139. The van der Waals surface area contributed by atoms with Crippen LogP contribution in [0.3, 0.4) is 0 Å². The van der Waals surface area contributed by atoms with Crippen LogP contribution in [0.1, 0.15) is 18.6 Å². The largest absolute Gasteiger partial charge is 0.399 e. The highest BCUT2D eigenvalue weighted by Crippen LogP contribution is 2.28. The normalized spacial score (nSPS) is 15.7. The minimum atomic E-state index is -3.26. The predicted molar refractivity (Wildman–Crippen MR) is 73.1 cm³/mol. The van der Waals surface area contributed by atoms with E-state index < -0.39 is 19.2 Å². The number of benzene rings is 1. The summed E-state index contributed by atoms with van der Waals surface area (Å²) in [4.78, 5) is 0. The van der Waals surface area contributed by atoms with Crippen LogP contribution in [0.15, 0.2) is 24.3 Å². The number of sulfone groups is 1. The molecule has 0 saturated carbocycles. The van der Waals surface area contributed by atoms with Crippen molar-refractivity contribution in [2.75, 3.05) is 11.5 Å². The van der Waals surface area contributed by atoms with Crippen molar-refractivity contribution in [1.29, 1.82) is 0 Å². The van der Waals surface area contributed by atoms with Gasteiger partial charge < -0.3 is 10.8 Å². The third kappa shape index (κ3) is 3.08. The molecule has 1 rings (SSSR count). The summed E-state index contributed by atoms with van der Waals surface area (Å²) in [5.74, 6) is 0.0139. The summed E-state index contributed by atoms with van der Waals surface area (Å²) in [6.07, 6.45) is -1.05. The van der Waals surface area contributed by atoms with E-state index in [9.17, 15) is 13.5 Å². The third-order valence-corrected chi connectivity index (χ3v) is 7.00. The van der Waals surface area contributed by atoms with Gasteiger partial charge in [-0.05, 0) is 17.7 Å². The maximum absolute atomic E-state index is 11.6. The van der Waals surface area contributed by atoms with Crippen molar-refractivity contribution >= 4 is 38.1 Å². The van der Waals surface area contributed by atoms with E-state index in [1.54, 1.807) is 53.8 Å². The zero-order valence-corrected chi connectivity index (χ0v) is 11.8. The van der Waals surface area contributed by atoms with Gasteiger partial charge in [-0.2, -0.15) is 0 Å². The van der Waals surface area contributed by atoms with E-state index in [0.29, 0.717) is 11.3 Å². The predicted octanol–water partition coefficient (Wildman–Crippen LogP) is 1.50. The quantitative estimate of drug-likeness (QED) is 0.487. The Morgan fingerprint density at radius 2 is 2.12 bits per heavy atom. The molecule has 0 aliphatic rings. The number of nitrogens with two attached hydrogens (primary N) is 1. The molecule has 0 heterocycles. The van der Waals surface area contributed by atoms with Crippen LogP contribution in [0, 0.1) is 0 Å². The van der Waals surface area contributed by atoms with Gasteiger partial charge in [-0.3, -0.25) is 0 Å². The Morgan fingerprint density at radius 1 is 1.50 bits per heavy atom. The lowest BCUT2D eigenvalue weighted by molar-refractivity contribution is 0.197. The Kier molecular flexibility index (Phi) is 4.57. The summed E-state index contributed by atoms with van der Waals surface area (Å²) in [7, 11) is -3.26. The Bertz CT molecular complexity index is 461. The summed E-state index contributed by atoms with van der Waals surface area (Å²) in [6.45, 7) is 1.56. The highest BCUT2D eigenvalue weighted by atomic mass is 127. The van der Waals surface area contributed by atoms with Gasteiger partial charge in [-0.15, -0.1) is 0 Å². The number of rotatable bonds is 4. The van der Waals surface area contributed by atoms with E-state index in [1.165, 1.54) is 0 Å².